The lowest BCUT2D eigenvalue weighted by molar-refractivity contribution is 0.0939. The minimum Gasteiger partial charge on any atom is -0.384 e. The van der Waals surface area contributed by atoms with E-state index in [0.717, 1.165) is 41.5 Å². The summed E-state index contributed by atoms with van der Waals surface area (Å²) in [5, 5.41) is 6.96. The van der Waals surface area contributed by atoms with E-state index in [0.29, 0.717) is 29.1 Å². The van der Waals surface area contributed by atoms with Crippen LogP contribution < -0.4 is 16.4 Å². The first kappa shape index (κ1) is 33.1. The van der Waals surface area contributed by atoms with E-state index < -0.39 is 0 Å². The molecule has 1 amide bonds. The van der Waals surface area contributed by atoms with Gasteiger partial charge < -0.3 is 16.4 Å². The van der Waals surface area contributed by atoms with Crippen LogP contribution >= 0.6 is 35.7 Å². The van der Waals surface area contributed by atoms with E-state index in [9.17, 15) is 4.79 Å². The Morgan fingerprint density at radius 3 is 2.63 bits per heavy atom. The lowest BCUT2D eigenvalue weighted by Crippen LogP contribution is -2.36. The molecule has 1 aliphatic rings. The van der Waals surface area contributed by atoms with Crippen LogP contribution in [0, 0.1) is 5.92 Å². The van der Waals surface area contributed by atoms with Crippen molar-refractivity contribution in [2.45, 2.75) is 63.0 Å². The van der Waals surface area contributed by atoms with Gasteiger partial charge in [0.15, 0.2) is 0 Å². The molecular formula is C25H42N6OS3. The molecule has 3 heterocycles. The van der Waals surface area contributed by atoms with Crippen molar-refractivity contribution in [3.8, 4) is 0 Å². The van der Waals surface area contributed by atoms with Gasteiger partial charge in [0.05, 0.1) is 10.4 Å². The van der Waals surface area contributed by atoms with Crippen molar-refractivity contribution >= 4 is 52.6 Å². The van der Waals surface area contributed by atoms with Crippen molar-refractivity contribution in [3.05, 3.63) is 42.4 Å². The van der Waals surface area contributed by atoms with Crippen molar-refractivity contribution in [1.82, 2.24) is 20.6 Å². The van der Waals surface area contributed by atoms with Gasteiger partial charge in [-0.25, -0.2) is 9.98 Å². The molecule has 10 heteroatoms. The number of rotatable bonds is 8. The third-order valence-corrected chi connectivity index (χ3v) is 6.40. The fourth-order valence-corrected chi connectivity index (χ4v) is 4.72. The summed E-state index contributed by atoms with van der Waals surface area (Å²) in [7, 11) is 0. The van der Waals surface area contributed by atoms with E-state index in [2.05, 4.69) is 38.2 Å². The molecule has 196 valence electrons. The average Bonchev–Trinajstić information content (AvgIpc) is 3.36. The van der Waals surface area contributed by atoms with E-state index >= 15 is 0 Å². The molecule has 0 bridgehead atoms. The number of amides is 1. The van der Waals surface area contributed by atoms with Crippen LogP contribution in [0.25, 0.3) is 0 Å². The Morgan fingerprint density at radius 2 is 1.97 bits per heavy atom. The first-order chi connectivity index (χ1) is 17.1. The number of amidine groups is 1. The SMILES string of the molecule is CC.CC.CC/C=C\C(N)=N/c1ncc(Sc2ccnc(C(=O)NCC3CCNCC3)c2)s1.CS. The molecular weight excluding hydrogens is 497 g/mol. The van der Waals surface area contributed by atoms with E-state index in [4.69, 9.17) is 5.73 Å². The van der Waals surface area contributed by atoms with Crippen LogP contribution in [-0.2, 0) is 0 Å². The summed E-state index contributed by atoms with van der Waals surface area (Å²) in [5.41, 5.74) is 6.29. The van der Waals surface area contributed by atoms with Gasteiger partial charge in [0.25, 0.3) is 5.91 Å². The summed E-state index contributed by atoms with van der Waals surface area (Å²) in [6.07, 6.45) is 12.0. The van der Waals surface area contributed by atoms with Crippen LogP contribution in [0.3, 0.4) is 0 Å². The van der Waals surface area contributed by atoms with Crippen LogP contribution in [0.15, 0.2) is 50.8 Å². The molecule has 0 aromatic carbocycles. The molecule has 2 aromatic heterocycles. The molecule has 4 N–H and O–H groups in total. The van der Waals surface area contributed by atoms with Gasteiger partial charge in [-0.2, -0.15) is 12.6 Å². The van der Waals surface area contributed by atoms with Crippen molar-refractivity contribution in [1.29, 1.82) is 0 Å². The van der Waals surface area contributed by atoms with Gasteiger partial charge in [-0.1, -0.05) is 63.8 Å². The molecule has 7 nitrogen and oxygen atoms in total. The van der Waals surface area contributed by atoms with Crippen LogP contribution in [0.2, 0.25) is 0 Å². The number of hydrogen-bond acceptors (Lipinski definition) is 8. The number of allylic oxidation sites excluding steroid dienone is 1. The Kier molecular flexibility index (Phi) is 20.3. The first-order valence-corrected chi connectivity index (χ1v) is 14.7. The maximum Gasteiger partial charge on any atom is 0.269 e. The molecule has 0 spiro atoms. The highest BCUT2D eigenvalue weighted by Crippen LogP contribution is 2.35. The molecule has 1 saturated heterocycles. The number of piperidine rings is 1. The molecule has 3 rings (SSSR count). The number of thiol groups is 1. The summed E-state index contributed by atoms with van der Waals surface area (Å²) in [4.78, 5) is 26.2. The molecule has 0 aliphatic carbocycles. The van der Waals surface area contributed by atoms with Crippen molar-refractivity contribution in [3.63, 3.8) is 0 Å². The van der Waals surface area contributed by atoms with E-state index in [-0.39, 0.29) is 5.91 Å². The van der Waals surface area contributed by atoms with Gasteiger partial charge >= 0.3 is 0 Å². The summed E-state index contributed by atoms with van der Waals surface area (Å²) in [6.45, 7) is 12.8. The van der Waals surface area contributed by atoms with Gasteiger partial charge in [0, 0.05) is 17.6 Å². The minimum absolute atomic E-state index is 0.129. The number of thiazole rings is 1. The second kappa shape index (κ2) is 21.4. The number of nitrogens with two attached hydrogens (primary N) is 1. The number of aliphatic imine (C=N–C) groups is 1. The van der Waals surface area contributed by atoms with Gasteiger partial charge in [-0.15, -0.1) is 0 Å². The Labute approximate surface area is 225 Å². The number of hydrogen-bond donors (Lipinski definition) is 4. The normalized spacial score (nSPS) is 13.5. The molecule has 35 heavy (non-hydrogen) atoms. The molecule has 2 aromatic rings. The van der Waals surface area contributed by atoms with Crippen LogP contribution in [0.1, 0.15) is 64.4 Å². The Hall–Kier alpha value is -1.88. The largest absolute Gasteiger partial charge is 0.384 e. The minimum atomic E-state index is -0.129. The van der Waals surface area contributed by atoms with Crippen molar-refractivity contribution < 1.29 is 4.79 Å². The van der Waals surface area contributed by atoms with Crippen LogP contribution in [0.4, 0.5) is 5.13 Å². The highest BCUT2D eigenvalue weighted by Gasteiger charge is 2.15. The second-order valence-electron chi connectivity index (χ2n) is 6.69. The summed E-state index contributed by atoms with van der Waals surface area (Å²) >= 11 is 6.51. The van der Waals surface area contributed by atoms with Crippen LogP contribution in [0.5, 0.6) is 0 Å². The van der Waals surface area contributed by atoms with E-state index in [1.807, 2.05) is 52.8 Å². The van der Waals surface area contributed by atoms with Gasteiger partial charge in [0.1, 0.15) is 11.5 Å². The zero-order valence-electron chi connectivity index (χ0n) is 21.9. The molecule has 0 atom stereocenters. The smallest absolute Gasteiger partial charge is 0.269 e. The zero-order valence-corrected chi connectivity index (χ0v) is 24.4. The van der Waals surface area contributed by atoms with Crippen molar-refractivity contribution in [2.24, 2.45) is 16.6 Å². The summed E-state index contributed by atoms with van der Waals surface area (Å²) in [5.74, 6) is 0.846. The summed E-state index contributed by atoms with van der Waals surface area (Å²) in [6, 6.07) is 3.69. The van der Waals surface area contributed by atoms with Gasteiger partial charge in [0.2, 0.25) is 5.13 Å². The van der Waals surface area contributed by atoms with Gasteiger partial charge in [-0.05, 0) is 62.7 Å². The topological polar surface area (TPSA) is 105 Å². The number of aromatic nitrogens is 2. The Morgan fingerprint density at radius 1 is 1.29 bits per heavy atom. The highest BCUT2D eigenvalue weighted by molar-refractivity contribution is 8.01. The summed E-state index contributed by atoms with van der Waals surface area (Å²) < 4.78 is 0.975. The average molecular weight is 539 g/mol. The maximum atomic E-state index is 12.5. The van der Waals surface area contributed by atoms with E-state index in [1.54, 1.807) is 24.7 Å². The molecule has 1 aliphatic heterocycles. The Bertz CT molecular complexity index is 880. The quantitative estimate of drug-likeness (QED) is 0.187. The third-order valence-electron chi connectivity index (χ3n) is 4.41. The molecule has 1 fully saturated rings. The fraction of sp³-hybridized carbons (Fsp3) is 0.520. The van der Waals surface area contributed by atoms with E-state index in [1.165, 1.54) is 23.1 Å². The number of pyridine rings is 1. The maximum absolute atomic E-state index is 12.5. The second-order valence-corrected chi connectivity index (χ2v) is 9.07. The zero-order chi connectivity index (χ0) is 26.5. The van der Waals surface area contributed by atoms with Crippen LogP contribution in [-0.4, -0.2) is 47.6 Å². The lowest BCUT2D eigenvalue weighted by Gasteiger charge is -2.22. The molecule has 0 unspecified atom stereocenters. The third kappa shape index (κ3) is 13.7. The molecule has 0 radical (unpaired) electrons. The standard InChI is InChI=1S/C20H26N6OS2.2C2H6.CH4S/c1-2-3-4-17(21)26-20-25-13-18(29-20)28-15-7-10-23-16(11-15)19(27)24-12-14-5-8-22-9-6-14;3*1-2/h3-4,7,10-11,13-14,22H,2,5-6,8-9,12H2,1H3,(H,24,27)(H2,21,25,26);2*1-2H3;2H,1H3/b4-3-;;;. The predicted molar refractivity (Wildman–Crippen MR) is 157 cm³/mol. The van der Waals surface area contributed by atoms with Gasteiger partial charge in [-0.3, -0.25) is 9.78 Å². The number of nitrogens with one attached hydrogen (secondary N) is 2. The predicted octanol–water partition coefficient (Wildman–Crippen LogP) is 5.97. The lowest BCUT2D eigenvalue weighted by atomic mass is 9.98. The Balaban J connectivity index is 0.00000179. The number of nitrogens with zero attached hydrogens (tertiary/aromatic N) is 3. The highest BCUT2D eigenvalue weighted by atomic mass is 32.2. The van der Waals surface area contributed by atoms with Crippen molar-refractivity contribution in [2.75, 3.05) is 25.9 Å². The number of carbonyl (C=O) groups is 1. The number of carbonyl (C=O) groups excluding carboxylic acids is 1. The fourth-order valence-electron chi connectivity index (χ4n) is 2.86. The first-order valence-electron chi connectivity index (χ1n) is 12.2. The molecule has 0 saturated carbocycles. The monoisotopic (exact) mass is 538 g/mol.